The van der Waals surface area contributed by atoms with E-state index in [4.69, 9.17) is 4.52 Å². The van der Waals surface area contributed by atoms with Gasteiger partial charge in [0, 0.05) is 37.8 Å². The normalized spacial score (nSPS) is 30.1. The van der Waals surface area contributed by atoms with Gasteiger partial charge in [-0.15, -0.1) is 0 Å². The molecule has 1 aromatic heterocycles. The Morgan fingerprint density at radius 1 is 1.23 bits per heavy atom. The van der Waals surface area contributed by atoms with Gasteiger partial charge in [0.2, 0.25) is 10.0 Å². The number of nitrogens with zero attached hydrogens (tertiary/aromatic N) is 3. The average Bonchev–Trinajstić information content (AvgIpc) is 3.23. The predicted molar refractivity (Wildman–Crippen MR) is 81.8 cm³/mol. The van der Waals surface area contributed by atoms with E-state index in [2.05, 4.69) is 10.1 Å². The van der Waals surface area contributed by atoms with Gasteiger partial charge in [-0.2, -0.15) is 4.31 Å². The van der Waals surface area contributed by atoms with Crippen LogP contribution in [-0.2, 0) is 16.6 Å². The molecule has 2 aliphatic heterocycles. The Balaban J connectivity index is 1.49. The minimum Gasteiger partial charge on any atom is -0.361 e. The molecule has 2 atom stereocenters. The van der Waals surface area contributed by atoms with Gasteiger partial charge in [-0.1, -0.05) is 5.16 Å². The molecule has 0 radical (unpaired) electrons. The first-order valence-corrected chi connectivity index (χ1v) is 9.60. The Labute approximate surface area is 131 Å². The van der Waals surface area contributed by atoms with Gasteiger partial charge in [0.15, 0.2) is 0 Å². The lowest BCUT2D eigenvalue weighted by Gasteiger charge is -2.32. The van der Waals surface area contributed by atoms with Crippen molar-refractivity contribution in [2.45, 2.75) is 50.9 Å². The Kier molecular flexibility index (Phi) is 3.36. The highest BCUT2D eigenvalue weighted by molar-refractivity contribution is 7.90. The summed E-state index contributed by atoms with van der Waals surface area (Å²) in [5.74, 6) is 1.34. The number of fused-ring (bicyclic) bond motifs is 2. The quantitative estimate of drug-likeness (QED) is 0.834. The van der Waals surface area contributed by atoms with Crippen LogP contribution in [0.25, 0.3) is 0 Å². The van der Waals surface area contributed by atoms with Crippen molar-refractivity contribution < 1.29 is 12.9 Å². The maximum atomic E-state index is 12.6. The standard InChI is InChI=1S/C15H23N3O3S/c1-10-15(11(2)21-16-10)9-17-6-12-5-13(8-17)18(7-12)22(19,20)14-3-4-14/h12-14H,3-9H2,1-2H3/t12-,13+/m1/s1. The summed E-state index contributed by atoms with van der Waals surface area (Å²) < 4.78 is 32.2. The number of likely N-dealkylation sites (tertiary alicyclic amines) is 1. The molecule has 0 N–H and O–H groups in total. The Morgan fingerprint density at radius 3 is 2.64 bits per heavy atom. The van der Waals surface area contributed by atoms with Crippen molar-refractivity contribution in [2.75, 3.05) is 19.6 Å². The molecule has 3 fully saturated rings. The molecule has 0 amide bonds. The molecule has 1 aromatic rings. The average molecular weight is 325 g/mol. The number of rotatable bonds is 4. The SMILES string of the molecule is Cc1noc(C)c1CN1C[C@H]2C[C@@H](C1)N(S(=O)(=O)C1CC1)C2. The summed E-state index contributed by atoms with van der Waals surface area (Å²) in [6.45, 7) is 7.23. The van der Waals surface area contributed by atoms with Gasteiger partial charge in [-0.3, -0.25) is 4.90 Å². The van der Waals surface area contributed by atoms with Crippen molar-refractivity contribution in [3.8, 4) is 0 Å². The fraction of sp³-hybridized carbons (Fsp3) is 0.800. The lowest BCUT2D eigenvalue weighted by molar-refractivity contribution is 0.175. The van der Waals surface area contributed by atoms with Crippen LogP contribution in [0.5, 0.6) is 0 Å². The van der Waals surface area contributed by atoms with Gasteiger partial charge < -0.3 is 4.52 Å². The lowest BCUT2D eigenvalue weighted by Crippen LogP contribution is -2.44. The second-order valence-electron chi connectivity index (χ2n) is 7.07. The third-order valence-electron chi connectivity index (χ3n) is 5.27. The van der Waals surface area contributed by atoms with E-state index in [1.807, 2.05) is 18.2 Å². The van der Waals surface area contributed by atoms with Gasteiger partial charge in [-0.25, -0.2) is 8.42 Å². The third kappa shape index (κ3) is 2.39. The third-order valence-corrected chi connectivity index (χ3v) is 7.69. The van der Waals surface area contributed by atoms with Crippen LogP contribution >= 0.6 is 0 Å². The van der Waals surface area contributed by atoms with Crippen molar-refractivity contribution in [1.82, 2.24) is 14.4 Å². The van der Waals surface area contributed by atoms with E-state index in [0.717, 1.165) is 55.9 Å². The molecule has 3 heterocycles. The number of hydrogen-bond donors (Lipinski definition) is 0. The first-order chi connectivity index (χ1) is 10.4. The summed E-state index contributed by atoms with van der Waals surface area (Å²) in [5.41, 5.74) is 2.09. The van der Waals surface area contributed by atoms with Gasteiger partial charge in [0.1, 0.15) is 5.76 Å². The number of piperidine rings is 1. The molecule has 0 aromatic carbocycles. The van der Waals surface area contributed by atoms with Gasteiger partial charge >= 0.3 is 0 Å². The van der Waals surface area contributed by atoms with Gasteiger partial charge in [0.05, 0.1) is 10.9 Å². The lowest BCUT2D eigenvalue weighted by atomic mass is 9.99. The van der Waals surface area contributed by atoms with E-state index < -0.39 is 10.0 Å². The summed E-state index contributed by atoms with van der Waals surface area (Å²) in [4.78, 5) is 2.37. The Hall–Kier alpha value is -0.920. The molecule has 1 saturated carbocycles. The molecule has 6 nitrogen and oxygen atoms in total. The summed E-state index contributed by atoms with van der Waals surface area (Å²) in [6.07, 6.45) is 2.71. The van der Waals surface area contributed by atoms with E-state index >= 15 is 0 Å². The zero-order valence-corrected chi connectivity index (χ0v) is 14.0. The van der Waals surface area contributed by atoms with E-state index in [9.17, 15) is 8.42 Å². The van der Waals surface area contributed by atoms with Gasteiger partial charge in [0.25, 0.3) is 0 Å². The molecular weight excluding hydrogens is 302 g/mol. The van der Waals surface area contributed by atoms with Crippen molar-refractivity contribution in [3.63, 3.8) is 0 Å². The molecule has 4 rings (SSSR count). The van der Waals surface area contributed by atoms with Crippen molar-refractivity contribution in [3.05, 3.63) is 17.0 Å². The maximum absolute atomic E-state index is 12.6. The summed E-state index contributed by atoms with van der Waals surface area (Å²) in [6, 6.07) is 0.157. The minimum atomic E-state index is -3.05. The summed E-state index contributed by atoms with van der Waals surface area (Å²) in [5, 5.41) is 3.92. The first kappa shape index (κ1) is 14.7. The number of hydrogen-bond acceptors (Lipinski definition) is 5. The summed E-state index contributed by atoms with van der Waals surface area (Å²) >= 11 is 0. The molecule has 0 spiro atoms. The molecule has 122 valence electrons. The molecular formula is C15H23N3O3S. The molecule has 2 bridgehead atoms. The zero-order chi connectivity index (χ0) is 15.5. The number of aryl methyl sites for hydroxylation is 2. The zero-order valence-electron chi connectivity index (χ0n) is 13.2. The van der Waals surface area contributed by atoms with Gasteiger partial charge in [-0.05, 0) is 39.0 Å². The highest BCUT2D eigenvalue weighted by Gasteiger charge is 2.49. The van der Waals surface area contributed by atoms with Crippen LogP contribution in [0.15, 0.2) is 4.52 Å². The Bertz CT molecular complexity index is 661. The molecule has 1 aliphatic carbocycles. The topological polar surface area (TPSA) is 66.7 Å². The fourth-order valence-electron chi connectivity index (χ4n) is 3.97. The predicted octanol–water partition coefficient (Wildman–Crippen LogP) is 1.29. The van der Waals surface area contributed by atoms with E-state index in [1.54, 1.807) is 0 Å². The summed E-state index contributed by atoms with van der Waals surface area (Å²) in [7, 11) is -3.05. The van der Waals surface area contributed by atoms with Crippen LogP contribution in [0.4, 0.5) is 0 Å². The number of aromatic nitrogens is 1. The smallest absolute Gasteiger partial charge is 0.217 e. The minimum absolute atomic E-state index is 0.0946. The van der Waals surface area contributed by atoms with Crippen LogP contribution < -0.4 is 0 Å². The van der Waals surface area contributed by atoms with Crippen LogP contribution in [-0.4, -0.2) is 53.7 Å². The Morgan fingerprint density at radius 2 is 2.00 bits per heavy atom. The molecule has 22 heavy (non-hydrogen) atoms. The first-order valence-electron chi connectivity index (χ1n) is 8.10. The highest BCUT2D eigenvalue weighted by atomic mass is 32.2. The van der Waals surface area contributed by atoms with E-state index in [1.165, 1.54) is 0 Å². The van der Waals surface area contributed by atoms with E-state index in [0.29, 0.717) is 12.5 Å². The van der Waals surface area contributed by atoms with Crippen LogP contribution in [0.1, 0.15) is 36.3 Å². The molecule has 0 unspecified atom stereocenters. The second kappa shape index (κ2) is 5.04. The van der Waals surface area contributed by atoms with Crippen LogP contribution in [0.3, 0.4) is 0 Å². The molecule has 7 heteroatoms. The van der Waals surface area contributed by atoms with E-state index in [-0.39, 0.29) is 11.3 Å². The fourth-order valence-corrected chi connectivity index (χ4v) is 6.07. The van der Waals surface area contributed by atoms with Crippen molar-refractivity contribution in [2.24, 2.45) is 5.92 Å². The monoisotopic (exact) mass is 325 g/mol. The largest absolute Gasteiger partial charge is 0.361 e. The highest BCUT2D eigenvalue weighted by Crippen LogP contribution is 2.39. The molecule has 2 saturated heterocycles. The van der Waals surface area contributed by atoms with Crippen LogP contribution in [0.2, 0.25) is 0 Å². The maximum Gasteiger partial charge on any atom is 0.217 e. The number of sulfonamides is 1. The van der Waals surface area contributed by atoms with Crippen molar-refractivity contribution >= 4 is 10.0 Å². The molecule has 3 aliphatic rings. The van der Waals surface area contributed by atoms with Crippen molar-refractivity contribution in [1.29, 1.82) is 0 Å². The van der Waals surface area contributed by atoms with Crippen LogP contribution in [0, 0.1) is 19.8 Å². The second-order valence-corrected chi connectivity index (χ2v) is 9.23.